The molecule has 0 bridgehead atoms. The first kappa shape index (κ1) is 19.9. The number of benzene rings is 3. The lowest BCUT2D eigenvalue weighted by Gasteiger charge is -2.14. The Morgan fingerprint density at radius 1 is 1.09 bits per heavy atom. The molecule has 1 aliphatic rings. The van der Waals surface area contributed by atoms with Gasteiger partial charge in [0.05, 0.1) is 11.7 Å². The molecule has 3 aromatic carbocycles. The molecule has 0 atom stereocenters. The van der Waals surface area contributed by atoms with Gasteiger partial charge in [0.1, 0.15) is 6.61 Å². The van der Waals surface area contributed by atoms with Crippen molar-refractivity contribution in [2.24, 2.45) is 0 Å². The molecule has 2 N–H and O–H groups in total. The Labute approximate surface area is 186 Å². The lowest BCUT2D eigenvalue weighted by atomic mass is 9.98. The van der Waals surface area contributed by atoms with Crippen LogP contribution in [0.1, 0.15) is 34.6 Å². The van der Waals surface area contributed by atoms with Gasteiger partial charge in [-0.3, -0.25) is 5.10 Å². The van der Waals surface area contributed by atoms with Crippen molar-refractivity contribution < 1.29 is 9.53 Å². The van der Waals surface area contributed by atoms with Crippen LogP contribution in [-0.2, 0) is 4.74 Å². The Bertz CT molecular complexity index is 1310. The Balaban J connectivity index is 1.15. The second-order valence-electron chi connectivity index (χ2n) is 7.93. The van der Waals surface area contributed by atoms with Gasteiger partial charge in [-0.05, 0) is 46.9 Å². The van der Waals surface area contributed by atoms with Crippen LogP contribution < -0.4 is 5.32 Å². The molecule has 0 radical (unpaired) electrons. The van der Waals surface area contributed by atoms with Gasteiger partial charge in [0.25, 0.3) is 0 Å². The van der Waals surface area contributed by atoms with Crippen molar-refractivity contribution >= 4 is 17.0 Å². The maximum absolute atomic E-state index is 12.2. The van der Waals surface area contributed by atoms with Crippen LogP contribution in [0.3, 0.4) is 0 Å². The lowest BCUT2D eigenvalue weighted by Crippen LogP contribution is -2.26. The number of amides is 1. The maximum Gasteiger partial charge on any atom is 0.407 e. The number of aromatic nitrogens is 2. The van der Waals surface area contributed by atoms with Crippen molar-refractivity contribution in [3.8, 4) is 23.0 Å². The van der Waals surface area contributed by atoms with Crippen LogP contribution in [0.4, 0.5) is 4.79 Å². The monoisotopic (exact) mass is 421 g/mol. The van der Waals surface area contributed by atoms with Crippen LogP contribution in [0.5, 0.6) is 0 Å². The molecule has 0 fully saturated rings. The standard InChI is InChI=1S/C27H23N3O2/c1-18-14-26-20(16-29-30-26)15-19(18)8-6-7-13-28-27(31)32-17-25-23-11-4-2-9-21(23)22-10-3-5-12-24(22)25/h2-5,9-12,14-16,25H,7,13,17H2,1H3,(H,28,31)(H,29,30). The quantitative estimate of drug-likeness (QED) is 0.354. The minimum Gasteiger partial charge on any atom is -0.449 e. The first-order chi connectivity index (χ1) is 15.7. The van der Waals surface area contributed by atoms with Crippen LogP contribution in [-0.4, -0.2) is 29.4 Å². The Kier molecular flexibility index (Phi) is 5.35. The first-order valence-electron chi connectivity index (χ1n) is 10.7. The van der Waals surface area contributed by atoms with E-state index in [1.54, 1.807) is 6.20 Å². The number of alkyl carbamates (subject to hydrolysis) is 1. The molecule has 1 amide bonds. The molecule has 0 saturated carbocycles. The number of ether oxygens (including phenoxy) is 1. The highest BCUT2D eigenvalue weighted by molar-refractivity contribution is 5.81. The molecule has 0 aliphatic heterocycles. The van der Waals surface area contributed by atoms with Gasteiger partial charge in [-0.25, -0.2) is 4.79 Å². The summed E-state index contributed by atoms with van der Waals surface area (Å²) < 4.78 is 5.55. The Morgan fingerprint density at radius 3 is 2.56 bits per heavy atom. The average Bonchev–Trinajstić information content (AvgIpc) is 3.39. The van der Waals surface area contributed by atoms with E-state index in [1.165, 1.54) is 22.3 Å². The molecule has 158 valence electrons. The van der Waals surface area contributed by atoms with Crippen LogP contribution in [0.2, 0.25) is 0 Å². The fraction of sp³-hybridized carbons (Fsp3) is 0.185. The molecule has 1 heterocycles. The predicted octanol–water partition coefficient (Wildman–Crippen LogP) is 5.15. The largest absolute Gasteiger partial charge is 0.449 e. The molecule has 5 rings (SSSR count). The topological polar surface area (TPSA) is 67.0 Å². The molecule has 5 nitrogen and oxygen atoms in total. The van der Waals surface area contributed by atoms with Crippen molar-refractivity contribution in [2.75, 3.05) is 13.2 Å². The van der Waals surface area contributed by atoms with E-state index in [4.69, 9.17) is 4.74 Å². The molecular weight excluding hydrogens is 398 g/mol. The summed E-state index contributed by atoms with van der Waals surface area (Å²) in [7, 11) is 0. The number of aryl methyl sites for hydroxylation is 1. The Hall–Kier alpha value is -4.04. The molecule has 4 aromatic rings. The maximum atomic E-state index is 12.2. The average molecular weight is 422 g/mol. The summed E-state index contributed by atoms with van der Waals surface area (Å²) in [6.07, 6.45) is 1.93. The number of carbonyl (C=O) groups is 1. The minimum atomic E-state index is -0.412. The number of H-pyrrole nitrogens is 1. The number of hydrogen-bond acceptors (Lipinski definition) is 3. The SMILES string of the molecule is Cc1cc2[nH]ncc2cc1C#CCCNC(=O)OCC1c2ccccc2-c2ccccc21. The van der Waals surface area contributed by atoms with Gasteiger partial charge in [0, 0.05) is 29.8 Å². The third-order valence-electron chi connectivity index (χ3n) is 5.87. The van der Waals surface area contributed by atoms with E-state index >= 15 is 0 Å². The van der Waals surface area contributed by atoms with Crippen molar-refractivity contribution in [1.29, 1.82) is 0 Å². The lowest BCUT2D eigenvalue weighted by molar-refractivity contribution is 0.143. The zero-order chi connectivity index (χ0) is 21.9. The highest BCUT2D eigenvalue weighted by Crippen LogP contribution is 2.44. The number of hydrogen-bond donors (Lipinski definition) is 2. The molecule has 32 heavy (non-hydrogen) atoms. The molecule has 0 unspecified atom stereocenters. The smallest absolute Gasteiger partial charge is 0.407 e. The van der Waals surface area contributed by atoms with Gasteiger partial charge in [0.2, 0.25) is 0 Å². The summed E-state index contributed by atoms with van der Waals surface area (Å²) in [6, 6.07) is 20.7. The second-order valence-corrected chi connectivity index (χ2v) is 7.93. The summed E-state index contributed by atoms with van der Waals surface area (Å²) >= 11 is 0. The summed E-state index contributed by atoms with van der Waals surface area (Å²) in [6.45, 7) is 2.78. The number of fused-ring (bicyclic) bond motifs is 4. The minimum absolute atomic E-state index is 0.0637. The summed E-state index contributed by atoms with van der Waals surface area (Å²) in [5.74, 6) is 6.37. The van der Waals surface area contributed by atoms with Crippen molar-refractivity contribution in [3.63, 3.8) is 0 Å². The van der Waals surface area contributed by atoms with Gasteiger partial charge in [0.15, 0.2) is 0 Å². The number of nitrogens with zero attached hydrogens (tertiary/aromatic N) is 1. The highest BCUT2D eigenvalue weighted by Gasteiger charge is 2.28. The molecule has 1 aliphatic carbocycles. The molecule has 0 spiro atoms. The van der Waals surface area contributed by atoms with E-state index in [0.29, 0.717) is 19.6 Å². The van der Waals surface area contributed by atoms with E-state index in [-0.39, 0.29) is 5.92 Å². The van der Waals surface area contributed by atoms with Gasteiger partial charge < -0.3 is 10.1 Å². The number of nitrogens with one attached hydrogen (secondary N) is 2. The fourth-order valence-electron chi connectivity index (χ4n) is 4.27. The summed E-state index contributed by atoms with van der Waals surface area (Å²) in [5, 5.41) is 10.8. The Morgan fingerprint density at radius 2 is 1.81 bits per heavy atom. The van der Waals surface area contributed by atoms with E-state index in [0.717, 1.165) is 22.0 Å². The van der Waals surface area contributed by atoms with Gasteiger partial charge >= 0.3 is 6.09 Å². The van der Waals surface area contributed by atoms with Crippen LogP contribution in [0.15, 0.2) is 66.9 Å². The van der Waals surface area contributed by atoms with E-state index in [9.17, 15) is 4.79 Å². The summed E-state index contributed by atoms with van der Waals surface area (Å²) in [4.78, 5) is 12.2. The van der Waals surface area contributed by atoms with E-state index in [1.807, 2.05) is 43.3 Å². The number of rotatable bonds is 4. The van der Waals surface area contributed by atoms with Crippen LogP contribution in [0, 0.1) is 18.8 Å². The first-order valence-corrected chi connectivity index (χ1v) is 10.7. The molecule has 1 aromatic heterocycles. The molecular formula is C27H23N3O2. The third kappa shape index (κ3) is 3.83. The van der Waals surface area contributed by atoms with Crippen molar-refractivity contribution in [2.45, 2.75) is 19.3 Å². The number of aromatic amines is 1. The fourth-order valence-corrected chi connectivity index (χ4v) is 4.27. The van der Waals surface area contributed by atoms with E-state index in [2.05, 4.69) is 51.6 Å². The van der Waals surface area contributed by atoms with Crippen LogP contribution >= 0.6 is 0 Å². The van der Waals surface area contributed by atoms with Crippen molar-refractivity contribution in [1.82, 2.24) is 15.5 Å². The third-order valence-corrected chi connectivity index (χ3v) is 5.87. The summed E-state index contributed by atoms with van der Waals surface area (Å²) in [5.41, 5.74) is 7.92. The predicted molar refractivity (Wildman–Crippen MR) is 125 cm³/mol. The van der Waals surface area contributed by atoms with E-state index < -0.39 is 6.09 Å². The van der Waals surface area contributed by atoms with Crippen molar-refractivity contribution in [3.05, 3.63) is 89.1 Å². The zero-order valence-corrected chi connectivity index (χ0v) is 17.8. The zero-order valence-electron chi connectivity index (χ0n) is 17.8. The van der Waals surface area contributed by atoms with Crippen LogP contribution in [0.25, 0.3) is 22.0 Å². The molecule has 5 heteroatoms. The second kappa shape index (κ2) is 8.60. The number of carbonyl (C=O) groups excluding carboxylic acids is 1. The normalized spacial score (nSPS) is 12.0. The van der Waals surface area contributed by atoms with Gasteiger partial charge in [-0.1, -0.05) is 60.4 Å². The van der Waals surface area contributed by atoms with Gasteiger partial charge in [-0.15, -0.1) is 0 Å². The highest BCUT2D eigenvalue weighted by atomic mass is 16.5. The molecule has 0 saturated heterocycles. The van der Waals surface area contributed by atoms with Gasteiger partial charge in [-0.2, -0.15) is 5.10 Å².